The number of aromatic hydroxyl groups is 2. The first-order chi connectivity index (χ1) is 10.1. The predicted molar refractivity (Wildman–Crippen MR) is 90.0 cm³/mol. The van der Waals surface area contributed by atoms with E-state index in [-0.39, 0.29) is 23.9 Å². The van der Waals surface area contributed by atoms with E-state index in [9.17, 15) is 10.2 Å². The van der Waals surface area contributed by atoms with Crippen molar-refractivity contribution < 1.29 is 10.2 Å². The Morgan fingerprint density at radius 2 is 1.91 bits per heavy atom. The highest BCUT2D eigenvalue weighted by Crippen LogP contribution is 2.50. The Morgan fingerprint density at radius 3 is 2.68 bits per heavy atom. The molecular formula is C18H20ClNO2. The fraction of sp³-hybridized carbons (Fsp3) is 0.333. The first-order valence-electron chi connectivity index (χ1n) is 7.44. The van der Waals surface area contributed by atoms with Gasteiger partial charge in [0.05, 0.1) is 0 Å². The SMILES string of the molecule is Cc1cc2c3c(c1)-c1c(ccc(O)c1O)C[C@H]3N(C)CC2.Cl. The number of nitrogens with zero attached hydrogens (tertiary/aromatic N) is 1. The van der Waals surface area contributed by atoms with E-state index in [1.807, 2.05) is 6.07 Å². The highest BCUT2D eigenvalue weighted by molar-refractivity contribution is 5.85. The van der Waals surface area contributed by atoms with Crippen molar-refractivity contribution in [1.82, 2.24) is 4.90 Å². The maximum absolute atomic E-state index is 10.4. The molecule has 22 heavy (non-hydrogen) atoms. The van der Waals surface area contributed by atoms with Crippen LogP contribution in [0.3, 0.4) is 0 Å². The molecule has 1 aliphatic heterocycles. The summed E-state index contributed by atoms with van der Waals surface area (Å²) in [5.41, 5.74) is 6.97. The van der Waals surface area contributed by atoms with Crippen LogP contribution in [0, 0.1) is 6.92 Å². The number of hydrogen-bond acceptors (Lipinski definition) is 3. The molecule has 0 saturated heterocycles. The van der Waals surface area contributed by atoms with Crippen LogP contribution in [0.1, 0.15) is 28.3 Å². The van der Waals surface area contributed by atoms with Gasteiger partial charge in [-0.3, -0.25) is 4.90 Å². The molecule has 0 fully saturated rings. The zero-order valence-corrected chi connectivity index (χ0v) is 13.6. The minimum Gasteiger partial charge on any atom is -0.504 e. The highest BCUT2D eigenvalue weighted by Gasteiger charge is 2.34. The smallest absolute Gasteiger partial charge is 0.165 e. The molecular weight excluding hydrogens is 298 g/mol. The first-order valence-corrected chi connectivity index (χ1v) is 7.44. The minimum absolute atomic E-state index is 0. The lowest BCUT2D eigenvalue weighted by Gasteiger charge is -2.40. The van der Waals surface area contributed by atoms with E-state index in [1.54, 1.807) is 6.07 Å². The Balaban J connectivity index is 0.00000144. The van der Waals surface area contributed by atoms with Gasteiger partial charge in [0.25, 0.3) is 0 Å². The average molecular weight is 318 g/mol. The van der Waals surface area contributed by atoms with E-state index >= 15 is 0 Å². The van der Waals surface area contributed by atoms with Crippen LogP contribution < -0.4 is 0 Å². The fourth-order valence-electron chi connectivity index (χ4n) is 3.91. The van der Waals surface area contributed by atoms with Crippen LogP contribution in [0.2, 0.25) is 0 Å². The maximum atomic E-state index is 10.4. The van der Waals surface area contributed by atoms with Crippen LogP contribution in [-0.4, -0.2) is 28.7 Å². The van der Waals surface area contributed by atoms with Gasteiger partial charge in [0.2, 0.25) is 0 Å². The topological polar surface area (TPSA) is 43.7 Å². The van der Waals surface area contributed by atoms with Gasteiger partial charge in [0.1, 0.15) is 0 Å². The number of likely N-dealkylation sites (N-methyl/N-ethyl adjacent to an activating group) is 1. The molecule has 4 heteroatoms. The lowest BCUT2D eigenvalue weighted by atomic mass is 9.76. The largest absolute Gasteiger partial charge is 0.504 e. The van der Waals surface area contributed by atoms with Crippen molar-refractivity contribution >= 4 is 12.4 Å². The van der Waals surface area contributed by atoms with Crippen LogP contribution >= 0.6 is 12.4 Å². The molecule has 116 valence electrons. The summed E-state index contributed by atoms with van der Waals surface area (Å²) in [5.74, 6) is -0.0152. The number of aryl methyl sites for hydroxylation is 1. The molecule has 1 aliphatic carbocycles. The summed E-state index contributed by atoms with van der Waals surface area (Å²) in [6.07, 6.45) is 1.94. The summed E-state index contributed by atoms with van der Waals surface area (Å²) < 4.78 is 0. The molecule has 2 aromatic carbocycles. The molecule has 3 nitrogen and oxygen atoms in total. The Kier molecular flexibility index (Phi) is 3.58. The van der Waals surface area contributed by atoms with Crippen molar-refractivity contribution in [2.24, 2.45) is 0 Å². The fourth-order valence-corrected chi connectivity index (χ4v) is 3.91. The molecule has 1 heterocycles. The normalized spacial score (nSPS) is 19.1. The summed E-state index contributed by atoms with van der Waals surface area (Å²) in [6.45, 7) is 3.16. The van der Waals surface area contributed by atoms with Gasteiger partial charge >= 0.3 is 0 Å². The molecule has 1 atom stereocenters. The van der Waals surface area contributed by atoms with Crippen molar-refractivity contribution in [1.29, 1.82) is 0 Å². The predicted octanol–water partition coefficient (Wildman–Crippen LogP) is 3.58. The van der Waals surface area contributed by atoms with Crippen LogP contribution in [0.25, 0.3) is 11.1 Å². The van der Waals surface area contributed by atoms with Crippen molar-refractivity contribution in [3.63, 3.8) is 0 Å². The monoisotopic (exact) mass is 317 g/mol. The molecule has 2 aliphatic rings. The molecule has 0 bridgehead atoms. The Labute approximate surface area is 136 Å². The molecule has 2 N–H and O–H groups in total. The number of halogens is 1. The second kappa shape index (κ2) is 5.18. The van der Waals surface area contributed by atoms with Gasteiger partial charge < -0.3 is 10.2 Å². The number of phenols is 2. The Hall–Kier alpha value is -1.71. The van der Waals surface area contributed by atoms with Crippen molar-refractivity contribution in [3.8, 4) is 22.6 Å². The van der Waals surface area contributed by atoms with Gasteiger partial charge in [-0.2, -0.15) is 0 Å². The third-order valence-corrected chi connectivity index (χ3v) is 4.93. The van der Waals surface area contributed by atoms with Crippen LogP contribution in [0.5, 0.6) is 11.5 Å². The summed E-state index contributed by atoms with van der Waals surface area (Å²) in [4.78, 5) is 2.40. The zero-order chi connectivity index (χ0) is 14.7. The standard InChI is InChI=1S/C18H19NO2.ClH/c1-10-7-12-5-6-19(2)14-9-11-3-4-15(20)18(21)17(11)13(8-10)16(12)14;/h3-4,7-8,14,20-21H,5-6,9H2,1-2H3;1H/t14-;/m1./s1. The molecule has 0 aromatic heterocycles. The lowest BCUT2D eigenvalue weighted by molar-refractivity contribution is 0.228. The molecule has 0 spiro atoms. The van der Waals surface area contributed by atoms with Crippen LogP contribution in [-0.2, 0) is 12.8 Å². The van der Waals surface area contributed by atoms with Gasteiger partial charge in [-0.05, 0) is 55.1 Å². The van der Waals surface area contributed by atoms with Gasteiger partial charge in [-0.1, -0.05) is 23.8 Å². The summed E-state index contributed by atoms with van der Waals surface area (Å²) in [7, 11) is 2.17. The molecule has 2 aromatic rings. The zero-order valence-electron chi connectivity index (χ0n) is 12.8. The quantitative estimate of drug-likeness (QED) is 0.730. The van der Waals surface area contributed by atoms with Crippen molar-refractivity contribution in [3.05, 3.63) is 46.5 Å². The number of fused-ring (bicyclic) bond motifs is 2. The summed E-state index contributed by atoms with van der Waals surface area (Å²) in [6, 6.07) is 8.32. The summed E-state index contributed by atoms with van der Waals surface area (Å²) >= 11 is 0. The van der Waals surface area contributed by atoms with Crippen molar-refractivity contribution in [2.45, 2.75) is 25.8 Å². The number of hydrogen-bond donors (Lipinski definition) is 2. The van der Waals surface area contributed by atoms with E-state index in [4.69, 9.17) is 0 Å². The van der Waals surface area contributed by atoms with Gasteiger partial charge in [-0.25, -0.2) is 0 Å². The van der Waals surface area contributed by atoms with E-state index < -0.39 is 0 Å². The minimum atomic E-state index is -0.0355. The molecule has 4 rings (SSSR count). The first kappa shape index (κ1) is 15.2. The second-order valence-electron chi connectivity index (χ2n) is 6.30. The van der Waals surface area contributed by atoms with Gasteiger partial charge in [0.15, 0.2) is 11.5 Å². The Morgan fingerprint density at radius 1 is 1.14 bits per heavy atom. The van der Waals surface area contributed by atoms with Gasteiger partial charge in [-0.15, -0.1) is 12.4 Å². The number of benzene rings is 2. The van der Waals surface area contributed by atoms with Crippen molar-refractivity contribution in [2.75, 3.05) is 13.6 Å². The molecule has 0 radical (unpaired) electrons. The van der Waals surface area contributed by atoms with E-state index in [1.165, 1.54) is 16.7 Å². The molecule has 0 saturated carbocycles. The van der Waals surface area contributed by atoms with E-state index in [2.05, 4.69) is 31.0 Å². The van der Waals surface area contributed by atoms with Crippen LogP contribution in [0.15, 0.2) is 24.3 Å². The maximum Gasteiger partial charge on any atom is 0.165 e. The third kappa shape index (κ3) is 2.00. The number of rotatable bonds is 0. The van der Waals surface area contributed by atoms with E-state index in [0.717, 1.165) is 36.1 Å². The van der Waals surface area contributed by atoms with Gasteiger partial charge in [0, 0.05) is 18.2 Å². The van der Waals surface area contributed by atoms with Crippen LogP contribution in [0.4, 0.5) is 0 Å². The lowest BCUT2D eigenvalue weighted by Crippen LogP contribution is -2.35. The average Bonchev–Trinajstić information content (AvgIpc) is 2.46. The second-order valence-corrected chi connectivity index (χ2v) is 6.30. The van der Waals surface area contributed by atoms with E-state index in [0.29, 0.717) is 6.04 Å². The molecule has 0 amide bonds. The summed E-state index contributed by atoms with van der Waals surface area (Å²) in [5, 5.41) is 20.2. The molecule has 0 unspecified atom stereocenters. The Bertz CT molecular complexity index is 757. The number of phenolic OH excluding ortho intramolecular Hbond substituents is 2. The highest BCUT2D eigenvalue weighted by atomic mass is 35.5. The third-order valence-electron chi connectivity index (χ3n) is 4.93.